The molecule has 3 heterocycles. The number of ether oxygens (including phenoxy) is 1. The van der Waals surface area contributed by atoms with Gasteiger partial charge >= 0.3 is 0 Å². The van der Waals surface area contributed by atoms with Crippen LogP contribution in [0.15, 0.2) is 60.7 Å². The molecule has 0 bridgehead atoms. The molecule has 4 aromatic rings. The summed E-state index contributed by atoms with van der Waals surface area (Å²) in [5, 5.41) is 4.40. The number of nitrogens with one attached hydrogen (secondary N) is 2. The molecule has 2 saturated heterocycles. The van der Waals surface area contributed by atoms with Crippen LogP contribution in [0.3, 0.4) is 0 Å². The predicted octanol–water partition coefficient (Wildman–Crippen LogP) is 6.29. The molecular formula is C29H30F2N4O. The Labute approximate surface area is 209 Å². The van der Waals surface area contributed by atoms with Crippen molar-refractivity contribution in [1.82, 2.24) is 9.88 Å². The van der Waals surface area contributed by atoms with Gasteiger partial charge in [-0.05, 0) is 60.9 Å². The van der Waals surface area contributed by atoms with Gasteiger partial charge < -0.3 is 19.9 Å². The number of benzene rings is 3. The van der Waals surface area contributed by atoms with Crippen molar-refractivity contribution in [3.05, 3.63) is 77.9 Å². The number of hydrogen-bond donors (Lipinski definition) is 2. The third kappa shape index (κ3) is 4.68. The summed E-state index contributed by atoms with van der Waals surface area (Å²) in [6, 6.07) is 19.2. The molecule has 0 atom stereocenters. The van der Waals surface area contributed by atoms with Gasteiger partial charge in [-0.15, -0.1) is 0 Å². The molecule has 0 aliphatic carbocycles. The maximum atomic E-state index is 15.1. The summed E-state index contributed by atoms with van der Waals surface area (Å²) in [7, 11) is 0. The maximum Gasteiger partial charge on any atom is 0.131 e. The summed E-state index contributed by atoms with van der Waals surface area (Å²) in [4.78, 5) is 7.84. The molecule has 6 rings (SSSR count). The highest BCUT2D eigenvalue weighted by atomic mass is 19.1. The third-order valence-electron chi connectivity index (χ3n) is 7.21. The van der Waals surface area contributed by atoms with E-state index in [0.29, 0.717) is 31.9 Å². The van der Waals surface area contributed by atoms with E-state index in [4.69, 9.17) is 4.74 Å². The number of nitrogens with zero attached hydrogens (tertiary/aromatic N) is 2. The zero-order valence-electron chi connectivity index (χ0n) is 20.2. The molecule has 0 amide bonds. The van der Waals surface area contributed by atoms with E-state index in [1.165, 1.54) is 30.7 Å². The Morgan fingerprint density at radius 3 is 2.31 bits per heavy atom. The van der Waals surface area contributed by atoms with Gasteiger partial charge in [0.1, 0.15) is 17.5 Å². The van der Waals surface area contributed by atoms with Crippen LogP contribution in [0.1, 0.15) is 18.4 Å². The minimum absolute atomic E-state index is 0.110. The molecule has 0 radical (unpaired) electrons. The summed E-state index contributed by atoms with van der Waals surface area (Å²) in [6.07, 6.45) is 2.50. The van der Waals surface area contributed by atoms with E-state index in [-0.39, 0.29) is 12.1 Å². The average Bonchev–Trinajstić information content (AvgIpc) is 3.57. The second kappa shape index (κ2) is 9.91. The van der Waals surface area contributed by atoms with Crippen molar-refractivity contribution in [2.75, 3.05) is 49.6 Å². The van der Waals surface area contributed by atoms with Crippen molar-refractivity contribution >= 4 is 28.1 Å². The lowest BCUT2D eigenvalue weighted by Crippen LogP contribution is -2.36. The maximum absolute atomic E-state index is 15.1. The minimum atomic E-state index is -0.517. The van der Waals surface area contributed by atoms with E-state index < -0.39 is 11.6 Å². The zero-order valence-corrected chi connectivity index (χ0v) is 20.2. The first-order valence-electron chi connectivity index (χ1n) is 12.7. The number of rotatable bonds is 6. The summed E-state index contributed by atoms with van der Waals surface area (Å²) >= 11 is 0. The number of fused-ring (bicyclic) bond motifs is 1. The van der Waals surface area contributed by atoms with E-state index >= 15 is 8.78 Å². The molecular weight excluding hydrogens is 458 g/mol. The molecule has 0 unspecified atom stereocenters. The number of H-pyrrole nitrogens is 1. The van der Waals surface area contributed by atoms with Crippen molar-refractivity contribution in [2.45, 2.75) is 19.4 Å². The summed E-state index contributed by atoms with van der Waals surface area (Å²) in [5.41, 5.74) is 4.46. The van der Waals surface area contributed by atoms with Crippen LogP contribution in [0, 0.1) is 11.6 Å². The molecule has 2 N–H and O–H groups in total. The van der Waals surface area contributed by atoms with E-state index in [2.05, 4.69) is 39.5 Å². The third-order valence-corrected chi connectivity index (χ3v) is 7.21. The molecule has 2 aliphatic heterocycles. The van der Waals surface area contributed by atoms with Gasteiger partial charge in [0.05, 0.1) is 18.7 Å². The van der Waals surface area contributed by atoms with Crippen LogP contribution >= 0.6 is 0 Å². The fourth-order valence-corrected chi connectivity index (χ4v) is 5.24. The number of para-hydroxylation sites is 1. The second-order valence-electron chi connectivity index (χ2n) is 9.63. The highest BCUT2D eigenvalue weighted by Crippen LogP contribution is 2.33. The van der Waals surface area contributed by atoms with Crippen LogP contribution in [0.5, 0.6) is 0 Å². The largest absolute Gasteiger partial charge is 0.379 e. The smallest absolute Gasteiger partial charge is 0.131 e. The van der Waals surface area contributed by atoms with Crippen LogP contribution in [-0.4, -0.2) is 49.3 Å². The first-order valence-corrected chi connectivity index (χ1v) is 12.7. The van der Waals surface area contributed by atoms with Crippen LogP contribution in [0.25, 0.3) is 22.0 Å². The average molecular weight is 489 g/mol. The molecule has 36 heavy (non-hydrogen) atoms. The lowest BCUT2D eigenvalue weighted by molar-refractivity contribution is 0.0332. The van der Waals surface area contributed by atoms with Crippen LogP contribution in [0.4, 0.5) is 26.0 Å². The van der Waals surface area contributed by atoms with Crippen molar-refractivity contribution < 1.29 is 13.5 Å². The van der Waals surface area contributed by atoms with Crippen LogP contribution in [-0.2, 0) is 11.3 Å². The molecule has 0 spiro atoms. The quantitative estimate of drug-likeness (QED) is 0.335. The molecule has 7 heteroatoms. The highest BCUT2D eigenvalue weighted by molar-refractivity contribution is 5.96. The van der Waals surface area contributed by atoms with Gasteiger partial charge in [-0.25, -0.2) is 8.78 Å². The summed E-state index contributed by atoms with van der Waals surface area (Å²) < 4.78 is 35.5. The van der Waals surface area contributed by atoms with Crippen molar-refractivity contribution in [2.24, 2.45) is 0 Å². The Bertz CT molecular complexity index is 1330. The number of aromatic amines is 1. The number of hydrogen-bond acceptors (Lipinski definition) is 4. The number of halogens is 2. The van der Waals surface area contributed by atoms with Gasteiger partial charge in [0.2, 0.25) is 0 Å². The number of aromatic nitrogens is 1. The van der Waals surface area contributed by atoms with Crippen LogP contribution in [0.2, 0.25) is 0 Å². The highest BCUT2D eigenvalue weighted by Gasteiger charge is 2.19. The van der Waals surface area contributed by atoms with Crippen molar-refractivity contribution in [3.63, 3.8) is 0 Å². The lowest BCUT2D eigenvalue weighted by Gasteiger charge is -2.27. The molecule has 2 fully saturated rings. The van der Waals surface area contributed by atoms with Gasteiger partial charge in [0, 0.05) is 60.6 Å². The number of anilines is 3. The summed E-state index contributed by atoms with van der Waals surface area (Å²) in [6.45, 7) is 5.03. The Hall–Kier alpha value is -3.42. The van der Waals surface area contributed by atoms with Gasteiger partial charge in [0.25, 0.3) is 0 Å². The van der Waals surface area contributed by atoms with E-state index in [1.54, 1.807) is 0 Å². The van der Waals surface area contributed by atoms with Gasteiger partial charge in [-0.1, -0.05) is 18.2 Å². The molecule has 186 valence electrons. The standard InChI is InChI=1S/C29H30F2N4O/c30-26-16-21(17-27(31)25(26)19-34-12-14-36-15-13-34)24-5-3-4-20-18-28(33-29(20)24)32-22-6-8-23(9-7-22)35-10-1-2-11-35/h3-9,16-18,32-33H,1-2,10-15,19H2. The summed E-state index contributed by atoms with van der Waals surface area (Å²) in [5.74, 6) is -0.204. The Kier molecular flexibility index (Phi) is 6.34. The second-order valence-corrected chi connectivity index (χ2v) is 9.63. The molecule has 5 nitrogen and oxygen atoms in total. The number of morpholine rings is 1. The molecule has 2 aliphatic rings. The molecule has 0 saturated carbocycles. The lowest BCUT2D eigenvalue weighted by atomic mass is 10.0. The van der Waals surface area contributed by atoms with Gasteiger partial charge in [0.15, 0.2) is 0 Å². The monoisotopic (exact) mass is 488 g/mol. The normalized spacial score (nSPS) is 16.7. The van der Waals surface area contributed by atoms with Crippen molar-refractivity contribution in [1.29, 1.82) is 0 Å². The Balaban J connectivity index is 1.25. The van der Waals surface area contributed by atoms with Gasteiger partial charge in [-0.2, -0.15) is 0 Å². The first kappa shape index (κ1) is 23.0. The van der Waals surface area contributed by atoms with Crippen LogP contribution < -0.4 is 10.2 Å². The Morgan fingerprint density at radius 2 is 1.58 bits per heavy atom. The first-order chi connectivity index (χ1) is 17.6. The fraction of sp³-hybridized carbons (Fsp3) is 0.310. The molecule has 3 aromatic carbocycles. The van der Waals surface area contributed by atoms with Gasteiger partial charge in [-0.3, -0.25) is 4.90 Å². The predicted molar refractivity (Wildman–Crippen MR) is 141 cm³/mol. The Morgan fingerprint density at radius 1 is 0.861 bits per heavy atom. The minimum Gasteiger partial charge on any atom is -0.379 e. The molecule has 1 aromatic heterocycles. The van der Waals surface area contributed by atoms with Crippen molar-refractivity contribution in [3.8, 4) is 11.1 Å². The fourth-order valence-electron chi connectivity index (χ4n) is 5.24. The van der Waals surface area contributed by atoms with E-state index in [0.717, 1.165) is 41.1 Å². The van der Waals surface area contributed by atoms with E-state index in [9.17, 15) is 0 Å². The SMILES string of the molecule is Fc1cc(-c2cccc3cc(Nc4ccc(N5CCCC5)cc4)[nH]c23)cc(F)c1CN1CCOCC1. The zero-order chi connectivity index (χ0) is 24.5. The topological polar surface area (TPSA) is 43.5 Å². The van der Waals surface area contributed by atoms with E-state index in [1.807, 2.05) is 29.2 Å².